The van der Waals surface area contributed by atoms with E-state index in [9.17, 15) is 0 Å². The van der Waals surface area contributed by atoms with Crippen LogP contribution >= 0.6 is 0 Å². The Balaban J connectivity index is 2.09. The molecular weight excluding hydrogens is 226 g/mol. The van der Waals surface area contributed by atoms with Crippen LogP contribution in [0.1, 0.15) is 13.8 Å². The molecule has 0 radical (unpaired) electrons. The summed E-state index contributed by atoms with van der Waals surface area (Å²) in [6.45, 7) is 4.00. The first-order valence-corrected chi connectivity index (χ1v) is 5.89. The molecule has 2 rings (SSSR count). The van der Waals surface area contributed by atoms with E-state index in [1.165, 1.54) is 0 Å². The summed E-state index contributed by atoms with van der Waals surface area (Å²) in [5, 5.41) is 3.16. The molecule has 18 heavy (non-hydrogen) atoms. The Morgan fingerprint density at radius 1 is 1.17 bits per heavy atom. The van der Waals surface area contributed by atoms with E-state index in [2.05, 4.69) is 10.3 Å². The summed E-state index contributed by atoms with van der Waals surface area (Å²) in [5.41, 5.74) is 7.37. The molecule has 0 saturated carbocycles. The van der Waals surface area contributed by atoms with Crippen LogP contribution in [0, 0.1) is 0 Å². The van der Waals surface area contributed by atoms with Crippen molar-refractivity contribution in [2.24, 2.45) is 0 Å². The maximum Gasteiger partial charge on any atom is 0.153 e. The fraction of sp³-hybridized carbons (Fsp3) is 0.214. The third-order valence-corrected chi connectivity index (χ3v) is 2.33. The molecule has 0 spiro atoms. The Morgan fingerprint density at radius 3 is 2.50 bits per heavy atom. The van der Waals surface area contributed by atoms with Gasteiger partial charge in [0.15, 0.2) is 5.82 Å². The first kappa shape index (κ1) is 12.2. The predicted octanol–water partition coefficient (Wildman–Crippen LogP) is 3.19. The molecule has 0 amide bonds. The number of hydrogen-bond acceptors (Lipinski definition) is 4. The summed E-state index contributed by atoms with van der Waals surface area (Å²) in [6, 6.07) is 11.3. The van der Waals surface area contributed by atoms with E-state index in [-0.39, 0.29) is 6.10 Å². The number of hydrogen-bond donors (Lipinski definition) is 2. The lowest BCUT2D eigenvalue weighted by atomic mass is 10.3. The molecule has 0 aliphatic heterocycles. The van der Waals surface area contributed by atoms with Crippen molar-refractivity contribution >= 4 is 17.2 Å². The van der Waals surface area contributed by atoms with Crippen molar-refractivity contribution in [2.45, 2.75) is 20.0 Å². The standard InChI is InChI=1S/C14H17N3O/c1-10(2)18-12-7-5-11(6-8-12)17-14-13(15)4-3-9-16-14/h3-10H,15H2,1-2H3,(H,16,17). The first-order chi connectivity index (χ1) is 8.65. The van der Waals surface area contributed by atoms with Gasteiger partial charge < -0.3 is 15.8 Å². The van der Waals surface area contributed by atoms with Gasteiger partial charge in [0.25, 0.3) is 0 Å². The average molecular weight is 243 g/mol. The maximum absolute atomic E-state index is 5.81. The molecule has 1 aromatic heterocycles. The van der Waals surface area contributed by atoms with Crippen LogP contribution in [0.5, 0.6) is 5.75 Å². The Kier molecular flexibility index (Phi) is 3.67. The van der Waals surface area contributed by atoms with Gasteiger partial charge in [0, 0.05) is 11.9 Å². The summed E-state index contributed by atoms with van der Waals surface area (Å²) in [7, 11) is 0. The molecular formula is C14H17N3O. The summed E-state index contributed by atoms with van der Waals surface area (Å²) < 4.78 is 5.58. The van der Waals surface area contributed by atoms with Crippen molar-refractivity contribution in [2.75, 3.05) is 11.1 Å². The van der Waals surface area contributed by atoms with E-state index in [1.54, 1.807) is 12.3 Å². The van der Waals surface area contributed by atoms with E-state index in [1.807, 2.05) is 44.2 Å². The topological polar surface area (TPSA) is 60.2 Å². The van der Waals surface area contributed by atoms with Gasteiger partial charge in [-0.2, -0.15) is 0 Å². The molecule has 4 nitrogen and oxygen atoms in total. The van der Waals surface area contributed by atoms with E-state index >= 15 is 0 Å². The van der Waals surface area contributed by atoms with E-state index in [4.69, 9.17) is 10.5 Å². The van der Waals surface area contributed by atoms with Gasteiger partial charge in [0.05, 0.1) is 11.8 Å². The number of benzene rings is 1. The number of rotatable bonds is 4. The minimum atomic E-state index is 0.176. The summed E-state index contributed by atoms with van der Waals surface area (Å²) in [5.74, 6) is 1.51. The van der Waals surface area contributed by atoms with Crippen LogP contribution in [0.15, 0.2) is 42.6 Å². The second-order valence-corrected chi connectivity index (χ2v) is 4.26. The lowest BCUT2D eigenvalue weighted by Gasteiger charge is -2.11. The van der Waals surface area contributed by atoms with Gasteiger partial charge in [0.2, 0.25) is 0 Å². The van der Waals surface area contributed by atoms with E-state index in [0.29, 0.717) is 11.5 Å². The van der Waals surface area contributed by atoms with Gasteiger partial charge in [0.1, 0.15) is 5.75 Å². The third-order valence-electron chi connectivity index (χ3n) is 2.33. The van der Waals surface area contributed by atoms with Gasteiger partial charge >= 0.3 is 0 Å². The van der Waals surface area contributed by atoms with Crippen LogP contribution in [0.4, 0.5) is 17.2 Å². The Bertz CT molecular complexity index is 509. The summed E-state index contributed by atoms with van der Waals surface area (Å²) in [6.07, 6.45) is 1.88. The molecule has 1 aromatic carbocycles. The molecule has 3 N–H and O–H groups in total. The SMILES string of the molecule is CC(C)Oc1ccc(Nc2ncccc2N)cc1. The smallest absolute Gasteiger partial charge is 0.153 e. The molecule has 0 atom stereocenters. The largest absolute Gasteiger partial charge is 0.491 e. The van der Waals surface area contributed by atoms with Crippen molar-refractivity contribution in [1.82, 2.24) is 4.98 Å². The lowest BCUT2D eigenvalue weighted by Crippen LogP contribution is -2.05. The number of nitrogens with one attached hydrogen (secondary N) is 1. The van der Waals surface area contributed by atoms with Crippen LogP contribution in [0.25, 0.3) is 0 Å². The summed E-state index contributed by atoms with van der Waals surface area (Å²) in [4.78, 5) is 4.18. The molecule has 0 aliphatic rings. The van der Waals surface area contributed by atoms with Gasteiger partial charge in [-0.05, 0) is 50.2 Å². The normalized spacial score (nSPS) is 10.4. The molecule has 0 saturated heterocycles. The van der Waals surface area contributed by atoms with Crippen molar-refractivity contribution in [3.05, 3.63) is 42.6 Å². The zero-order chi connectivity index (χ0) is 13.0. The average Bonchev–Trinajstić information content (AvgIpc) is 2.34. The molecule has 0 bridgehead atoms. The predicted molar refractivity (Wildman–Crippen MR) is 74.1 cm³/mol. The van der Waals surface area contributed by atoms with Gasteiger partial charge in [-0.15, -0.1) is 0 Å². The lowest BCUT2D eigenvalue weighted by molar-refractivity contribution is 0.242. The quantitative estimate of drug-likeness (QED) is 0.865. The third kappa shape index (κ3) is 3.13. The molecule has 2 aromatic rings. The fourth-order valence-corrected chi connectivity index (χ4v) is 1.55. The second-order valence-electron chi connectivity index (χ2n) is 4.26. The van der Waals surface area contributed by atoms with Gasteiger partial charge in [-0.3, -0.25) is 0 Å². The van der Waals surface area contributed by atoms with Crippen LogP contribution in [-0.4, -0.2) is 11.1 Å². The minimum absolute atomic E-state index is 0.176. The number of nitrogen functional groups attached to an aromatic ring is 1. The van der Waals surface area contributed by atoms with Gasteiger partial charge in [-0.1, -0.05) is 0 Å². The molecule has 4 heteroatoms. The molecule has 1 heterocycles. The Labute approximate surface area is 107 Å². The number of nitrogens with zero attached hydrogens (tertiary/aromatic N) is 1. The minimum Gasteiger partial charge on any atom is -0.491 e. The molecule has 0 fully saturated rings. The van der Waals surface area contributed by atoms with Crippen LogP contribution < -0.4 is 15.8 Å². The van der Waals surface area contributed by atoms with E-state index < -0.39 is 0 Å². The monoisotopic (exact) mass is 243 g/mol. The highest BCUT2D eigenvalue weighted by Gasteiger charge is 2.01. The van der Waals surface area contributed by atoms with Crippen molar-refractivity contribution < 1.29 is 4.74 Å². The second kappa shape index (κ2) is 5.40. The Morgan fingerprint density at radius 2 is 1.89 bits per heavy atom. The highest BCUT2D eigenvalue weighted by Crippen LogP contribution is 2.22. The fourth-order valence-electron chi connectivity index (χ4n) is 1.55. The van der Waals surface area contributed by atoms with Crippen molar-refractivity contribution in [1.29, 1.82) is 0 Å². The summed E-state index contributed by atoms with van der Waals surface area (Å²) >= 11 is 0. The number of aromatic nitrogens is 1. The van der Waals surface area contributed by atoms with Crippen molar-refractivity contribution in [3.8, 4) is 5.75 Å². The van der Waals surface area contributed by atoms with Crippen LogP contribution in [0.2, 0.25) is 0 Å². The van der Waals surface area contributed by atoms with Gasteiger partial charge in [-0.25, -0.2) is 4.98 Å². The van der Waals surface area contributed by atoms with E-state index in [0.717, 1.165) is 11.4 Å². The maximum atomic E-state index is 5.81. The number of pyridine rings is 1. The van der Waals surface area contributed by atoms with Crippen molar-refractivity contribution in [3.63, 3.8) is 0 Å². The number of nitrogens with two attached hydrogens (primary N) is 1. The molecule has 94 valence electrons. The number of anilines is 3. The van der Waals surface area contributed by atoms with Crippen LogP contribution in [-0.2, 0) is 0 Å². The van der Waals surface area contributed by atoms with Crippen LogP contribution in [0.3, 0.4) is 0 Å². The highest BCUT2D eigenvalue weighted by atomic mass is 16.5. The number of ether oxygens (including phenoxy) is 1. The first-order valence-electron chi connectivity index (χ1n) is 5.89. The highest BCUT2D eigenvalue weighted by molar-refractivity contribution is 5.68. The zero-order valence-corrected chi connectivity index (χ0v) is 10.6. The molecule has 0 aliphatic carbocycles. The molecule has 0 unspecified atom stereocenters. The Hall–Kier alpha value is -2.23. The zero-order valence-electron chi connectivity index (χ0n) is 10.6.